The van der Waals surface area contributed by atoms with Crippen molar-refractivity contribution < 1.29 is 9.53 Å². The van der Waals surface area contributed by atoms with E-state index in [-0.39, 0.29) is 12.5 Å². The Morgan fingerprint density at radius 3 is 2.86 bits per heavy atom. The normalized spacial score (nSPS) is 14.9. The molecular formula is C21H22BrN3O2S. The maximum absolute atomic E-state index is 12.7. The van der Waals surface area contributed by atoms with E-state index >= 15 is 0 Å². The summed E-state index contributed by atoms with van der Waals surface area (Å²) < 4.78 is 6.74. The molecule has 4 rings (SSSR count). The summed E-state index contributed by atoms with van der Waals surface area (Å²) in [7, 11) is 0. The van der Waals surface area contributed by atoms with Crippen molar-refractivity contribution >= 4 is 49.1 Å². The Bertz CT molecular complexity index is 991. The quantitative estimate of drug-likeness (QED) is 0.576. The first kappa shape index (κ1) is 19.2. The number of ether oxygens (including phenoxy) is 1. The van der Waals surface area contributed by atoms with Crippen LogP contribution in [-0.4, -0.2) is 48.6 Å². The number of anilines is 1. The lowest BCUT2D eigenvalue weighted by atomic mass is 10.1. The fourth-order valence-electron chi connectivity index (χ4n) is 3.40. The summed E-state index contributed by atoms with van der Waals surface area (Å²) in [6, 6.07) is 12.0. The maximum Gasteiger partial charge on any atom is 0.260 e. The van der Waals surface area contributed by atoms with Crippen molar-refractivity contribution in [1.82, 2.24) is 9.88 Å². The average molecular weight is 460 g/mol. The molecule has 1 fully saturated rings. The zero-order valence-corrected chi connectivity index (χ0v) is 18.1. The van der Waals surface area contributed by atoms with Crippen molar-refractivity contribution in [2.45, 2.75) is 13.3 Å². The van der Waals surface area contributed by atoms with Crippen LogP contribution in [0.15, 0.2) is 46.3 Å². The van der Waals surface area contributed by atoms with Crippen LogP contribution in [0.25, 0.3) is 10.8 Å². The van der Waals surface area contributed by atoms with Crippen molar-refractivity contribution in [3.05, 3.63) is 51.9 Å². The van der Waals surface area contributed by atoms with Gasteiger partial charge >= 0.3 is 0 Å². The van der Waals surface area contributed by atoms with Crippen LogP contribution in [0.3, 0.4) is 0 Å². The van der Waals surface area contributed by atoms with Crippen molar-refractivity contribution in [3.63, 3.8) is 0 Å². The summed E-state index contributed by atoms with van der Waals surface area (Å²) in [6.45, 7) is 5.23. The number of fused-ring (bicyclic) bond motifs is 1. The molecule has 7 heteroatoms. The second-order valence-corrected chi connectivity index (χ2v) is 8.51. The van der Waals surface area contributed by atoms with Crippen LogP contribution in [-0.2, 0) is 4.79 Å². The summed E-state index contributed by atoms with van der Waals surface area (Å²) in [4.78, 5) is 21.4. The van der Waals surface area contributed by atoms with E-state index in [2.05, 4.69) is 37.3 Å². The lowest BCUT2D eigenvalue weighted by Crippen LogP contribution is -2.38. The fourth-order valence-corrected chi connectivity index (χ4v) is 4.87. The molecule has 1 aromatic heterocycles. The molecule has 0 bridgehead atoms. The van der Waals surface area contributed by atoms with Gasteiger partial charge < -0.3 is 14.5 Å². The summed E-state index contributed by atoms with van der Waals surface area (Å²) in [5.41, 5.74) is 1.05. The minimum atomic E-state index is 0.0252. The van der Waals surface area contributed by atoms with Crippen molar-refractivity contribution in [1.29, 1.82) is 0 Å². The molecule has 28 heavy (non-hydrogen) atoms. The largest absolute Gasteiger partial charge is 0.483 e. The second kappa shape index (κ2) is 8.49. The SMILES string of the molecule is Cc1csc(N2CCCN(C(=O)COc3ccc4ccccc4c3Br)CC2)n1. The fraction of sp³-hybridized carbons (Fsp3) is 0.333. The number of nitrogens with zero attached hydrogens (tertiary/aromatic N) is 3. The van der Waals surface area contributed by atoms with Crippen molar-refractivity contribution in [2.24, 2.45) is 0 Å². The minimum absolute atomic E-state index is 0.0252. The topological polar surface area (TPSA) is 45.7 Å². The highest BCUT2D eigenvalue weighted by atomic mass is 79.9. The van der Waals surface area contributed by atoms with E-state index in [0.29, 0.717) is 12.3 Å². The van der Waals surface area contributed by atoms with Gasteiger partial charge in [-0.2, -0.15) is 0 Å². The third kappa shape index (κ3) is 4.15. The number of benzene rings is 2. The number of rotatable bonds is 4. The molecule has 3 aromatic rings. The smallest absolute Gasteiger partial charge is 0.260 e. The van der Waals surface area contributed by atoms with Crippen molar-refractivity contribution in [2.75, 3.05) is 37.7 Å². The molecule has 2 heterocycles. The Hall–Kier alpha value is -2.12. The molecule has 0 saturated carbocycles. The van der Waals surface area contributed by atoms with Gasteiger partial charge in [0.2, 0.25) is 0 Å². The molecule has 146 valence electrons. The van der Waals surface area contributed by atoms with Crippen LogP contribution in [0.5, 0.6) is 5.75 Å². The number of amides is 1. The Morgan fingerprint density at radius 2 is 2.04 bits per heavy atom. The van der Waals surface area contributed by atoms with Gasteiger partial charge in [-0.25, -0.2) is 4.98 Å². The number of carbonyl (C=O) groups is 1. The number of aryl methyl sites for hydroxylation is 1. The van der Waals surface area contributed by atoms with E-state index in [1.165, 1.54) is 0 Å². The van der Waals surface area contributed by atoms with Crippen molar-refractivity contribution in [3.8, 4) is 5.75 Å². The Kier molecular flexibility index (Phi) is 5.82. The van der Waals surface area contributed by atoms with E-state index in [1.807, 2.05) is 42.2 Å². The summed E-state index contributed by atoms with van der Waals surface area (Å²) >= 11 is 5.28. The molecule has 0 radical (unpaired) electrons. The molecule has 0 N–H and O–H groups in total. The third-order valence-electron chi connectivity index (χ3n) is 4.91. The second-order valence-electron chi connectivity index (χ2n) is 6.88. The molecule has 1 aliphatic rings. The molecule has 1 saturated heterocycles. The number of hydrogen-bond acceptors (Lipinski definition) is 5. The van der Waals surface area contributed by atoms with Gasteiger partial charge in [-0.1, -0.05) is 30.3 Å². The maximum atomic E-state index is 12.7. The Balaban J connectivity index is 1.37. The van der Waals surface area contributed by atoms with E-state index < -0.39 is 0 Å². The predicted molar refractivity (Wildman–Crippen MR) is 117 cm³/mol. The number of aromatic nitrogens is 1. The summed E-state index contributed by atoms with van der Waals surface area (Å²) in [6.07, 6.45) is 0.935. The van der Waals surface area contributed by atoms with Gasteiger partial charge in [-0.3, -0.25) is 4.79 Å². The first-order valence-corrected chi connectivity index (χ1v) is 11.0. The van der Waals surface area contributed by atoms with Crippen LogP contribution in [0, 0.1) is 6.92 Å². The van der Waals surface area contributed by atoms with Gasteiger partial charge in [-0.15, -0.1) is 11.3 Å². The van der Waals surface area contributed by atoms with E-state index in [1.54, 1.807) is 11.3 Å². The zero-order chi connectivity index (χ0) is 19.5. The van der Waals surface area contributed by atoms with Crippen LogP contribution in [0.1, 0.15) is 12.1 Å². The molecule has 1 amide bonds. The van der Waals surface area contributed by atoms with Crippen LogP contribution in [0.4, 0.5) is 5.13 Å². The van der Waals surface area contributed by atoms with Gasteiger partial charge in [0.1, 0.15) is 5.75 Å². The lowest BCUT2D eigenvalue weighted by molar-refractivity contribution is -0.133. The van der Waals surface area contributed by atoms with Crippen LogP contribution in [0.2, 0.25) is 0 Å². The van der Waals surface area contributed by atoms with E-state index in [4.69, 9.17) is 4.74 Å². The third-order valence-corrected chi connectivity index (χ3v) is 6.74. The summed E-state index contributed by atoms with van der Waals surface area (Å²) in [5, 5.41) is 5.33. The molecule has 0 spiro atoms. The van der Waals surface area contributed by atoms with E-state index in [9.17, 15) is 4.79 Å². The number of hydrogen-bond donors (Lipinski definition) is 0. The number of carbonyl (C=O) groups excluding carboxylic acids is 1. The van der Waals surface area contributed by atoms with Crippen LogP contribution < -0.4 is 9.64 Å². The first-order chi connectivity index (χ1) is 13.6. The molecule has 1 aliphatic heterocycles. The molecule has 2 aromatic carbocycles. The van der Waals surface area contributed by atoms with Crippen LogP contribution >= 0.6 is 27.3 Å². The highest BCUT2D eigenvalue weighted by Crippen LogP contribution is 2.33. The molecule has 0 aliphatic carbocycles. The van der Waals surface area contributed by atoms with Gasteiger partial charge in [0.15, 0.2) is 11.7 Å². The highest BCUT2D eigenvalue weighted by molar-refractivity contribution is 9.10. The molecule has 0 unspecified atom stereocenters. The first-order valence-electron chi connectivity index (χ1n) is 9.37. The summed E-state index contributed by atoms with van der Waals surface area (Å²) in [5.74, 6) is 0.721. The predicted octanol–water partition coefficient (Wildman–Crippen LogP) is 4.48. The van der Waals surface area contributed by atoms with Gasteiger partial charge in [0.25, 0.3) is 5.91 Å². The zero-order valence-electron chi connectivity index (χ0n) is 15.7. The number of halogens is 1. The van der Waals surface area contributed by atoms with E-state index in [0.717, 1.165) is 52.1 Å². The molecule has 0 atom stereocenters. The molecular weight excluding hydrogens is 438 g/mol. The Labute approximate surface area is 177 Å². The van der Waals surface area contributed by atoms with Gasteiger partial charge in [0.05, 0.1) is 10.2 Å². The lowest BCUT2D eigenvalue weighted by Gasteiger charge is -2.22. The monoisotopic (exact) mass is 459 g/mol. The van der Waals surface area contributed by atoms with Gasteiger partial charge in [-0.05, 0) is 46.1 Å². The Morgan fingerprint density at radius 1 is 1.18 bits per heavy atom. The standard InChI is InChI=1S/C21H22BrN3O2S/c1-15-14-28-21(23-15)25-10-4-9-24(11-12-25)19(26)13-27-18-8-7-16-5-2-3-6-17(16)20(18)22/h2-3,5-8,14H,4,9-13H2,1H3. The minimum Gasteiger partial charge on any atom is -0.483 e. The highest BCUT2D eigenvalue weighted by Gasteiger charge is 2.21. The number of thiazole rings is 1. The molecule has 5 nitrogen and oxygen atoms in total. The van der Waals surface area contributed by atoms with Gasteiger partial charge in [0, 0.05) is 31.6 Å². The average Bonchev–Trinajstić information content (AvgIpc) is 2.99.